The molecule has 0 aliphatic rings. The number of carbonyl (C=O) groups excluding carboxylic acids is 2. The second-order valence-electron chi connectivity index (χ2n) is 6.47. The fraction of sp³-hybridized carbons (Fsp3) is 0.238. The van der Waals surface area contributed by atoms with Crippen molar-refractivity contribution in [1.29, 1.82) is 0 Å². The third-order valence-electron chi connectivity index (χ3n) is 4.19. The molecule has 0 aliphatic heterocycles. The number of hydrogen-bond donors (Lipinski definition) is 1. The highest BCUT2D eigenvalue weighted by Crippen LogP contribution is 2.20. The molecule has 0 saturated heterocycles. The van der Waals surface area contributed by atoms with E-state index in [0.717, 1.165) is 23.1 Å². The molecule has 0 radical (unpaired) electrons. The maximum atomic E-state index is 12.1. The Morgan fingerprint density at radius 2 is 1.83 bits per heavy atom. The third-order valence-corrected chi connectivity index (χ3v) is 5.01. The van der Waals surface area contributed by atoms with Gasteiger partial charge in [-0.1, -0.05) is 17.8 Å². The summed E-state index contributed by atoms with van der Waals surface area (Å²) in [6, 6.07) is 12.6. The highest BCUT2D eigenvalue weighted by Gasteiger charge is 2.11. The van der Waals surface area contributed by atoms with Crippen molar-refractivity contribution in [2.45, 2.75) is 32.6 Å². The lowest BCUT2D eigenvalue weighted by atomic mass is 10.1. The summed E-state index contributed by atoms with van der Waals surface area (Å²) in [4.78, 5) is 23.3. The molecule has 0 fully saturated rings. The maximum absolute atomic E-state index is 12.1. The molecule has 29 heavy (non-hydrogen) atoms. The number of amides is 1. The van der Waals surface area contributed by atoms with E-state index in [2.05, 4.69) is 15.5 Å². The van der Waals surface area contributed by atoms with E-state index >= 15 is 0 Å². The van der Waals surface area contributed by atoms with Crippen LogP contribution in [0.3, 0.4) is 0 Å². The number of ketones is 1. The van der Waals surface area contributed by atoms with Crippen molar-refractivity contribution >= 4 is 29.1 Å². The quantitative estimate of drug-likeness (QED) is 0.438. The zero-order valence-corrected chi connectivity index (χ0v) is 17.2. The molecular weight excluding hydrogens is 390 g/mol. The number of ether oxygens (including phenoxy) is 1. The first-order valence-corrected chi connectivity index (χ1v) is 9.95. The Morgan fingerprint density at radius 1 is 1.07 bits per heavy atom. The SMILES string of the molecule is CC(=O)c1ccc(NC(=O)CSc2nnc(COc3ccc(C)c(C)c3)o2)cc1. The highest BCUT2D eigenvalue weighted by atomic mass is 32.2. The van der Waals surface area contributed by atoms with Crippen LogP contribution in [0, 0.1) is 13.8 Å². The first-order valence-electron chi connectivity index (χ1n) is 8.97. The van der Waals surface area contributed by atoms with Gasteiger partial charge in [-0.05, 0) is 68.3 Å². The summed E-state index contributed by atoms with van der Waals surface area (Å²) in [6.45, 7) is 5.71. The van der Waals surface area contributed by atoms with Crippen molar-refractivity contribution in [2.75, 3.05) is 11.1 Å². The van der Waals surface area contributed by atoms with Crippen molar-refractivity contribution < 1.29 is 18.7 Å². The van der Waals surface area contributed by atoms with Gasteiger partial charge in [0.05, 0.1) is 5.75 Å². The molecule has 150 valence electrons. The van der Waals surface area contributed by atoms with Crippen LogP contribution in [0.25, 0.3) is 0 Å². The Morgan fingerprint density at radius 3 is 2.52 bits per heavy atom. The fourth-order valence-electron chi connectivity index (χ4n) is 2.42. The lowest BCUT2D eigenvalue weighted by Crippen LogP contribution is -2.14. The van der Waals surface area contributed by atoms with Crippen LogP contribution >= 0.6 is 11.8 Å². The summed E-state index contributed by atoms with van der Waals surface area (Å²) in [5, 5.41) is 10.9. The minimum Gasteiger partial charge on any atom is -0.484 e. The Labute approximate surface area is 172 Å². The molecule has 0 bridgehead atoms. The number of hydrogen-bond acceptors (Lipinski definition) is 7. The zero-order chi connectivity index (χ0) is 20.8. The molecule has 2 aromatic carbocycles. The molecule has 1 heterocycles. The smallest absolute Gasteiger partial charge is 0.277 e. The van der Waals surface area contributed by atoms with Crippen LogP contribution in [0.4, 0.5) is 5.69 Å². The van der Waals surface area contributed by atoms with Crippen molar-refractivity contribution in [2.24, 2.45) is 0 Å². The summed E-state index contributed by atoms with van der Waals surface area (Å²) < 4.78 is 11.2. The van der Waals surface area contributed by atoms with Crippen LogP contribution in [-0.2, 0) is 11.4 Å². The topological polar surface area (TPSA) is 94.3 Å². The molecular formula is C21H21N3O4S. The molecule has 3 aromatic rings. The van der Waals surface area contributed by atoms with Crippen LogP contribution in [0.15, 0.2) is 52.1 Å². The standard InChI is InChI=1S/C21H21N3O4S/c1-13-4-9-18(10-14(13)2)27-11-20-23-24-21(28-20)29-12-19(26)22-17-7-5-16(6-8-17)15(3)25/h4-10H,11-12H2,1-3H3,(H,22,26). The molecule has 0 atom stereocenters. The number of aryl methyl sites for hydroxylation is 2. The van der Waals surface area contributed by atoms with Gasteiger partial charge in [0.25, 0.3) is 11.1 Å². The number of aromatic nitrogens is 2. The fourth-order valence-corrected chi connectivity index (χ4v) is 3.00. The van der Waals surface area contributed by atoms with Crippen molar-refractivity contribution in [3.63, 3.8) is 0 Å². The number of thioether (sulfide) groups is 1. The van der Waals surface area contributed by atoms with E-state index in [0.29, 0.717) is 22.4 Å². The number of rotatable bonds is 8. The number of nitrogens with one attached hydrogen (secondary N) is 1. The van der Waals surface area contributed by atoms with Crippen LogP contribution in [0.5, 0.6) is 5.75 Å². The predicted octanol–water partition coefficient (Wildman–Crippen LogP) is 4.20. The van der Waals surface area contributed by atoms with E-state index in [1.54, 1.807) is 24.3 Å². The van der Waals surface area contributed by atoms with E-state index < -0.39 is 0 Å². The molecule has 7 nitrogen and oxygen atoms in total. The normalized spacial score (nSPS) is 10.6. The van der Waals surface area contributed by atoms with Gasteiger partial charge >= 0.3 is 0 Å². The second-order valence-corrected chi connectivity index (χ2v) is 7.39. The van der Waals surface area contributed by atoms with Gasteiger partial charge in [0.1, 0.15) is 5.75 Å². The lowest BCUT2D eigenvalue weighted by Gasteiger charge is -2.06. The number of carbonyl (C=O) groups is 2. The third kappa shape index (κ3) is 5.92. The molecule has 1 aromatic heterocycles. The van der Waals surface area contributed by atoms with Crippen molar-refractivity contribution in [3.8, 4) is 5.75 Å². The molecule has 1 amide bonds. The van der Waals surface area contributed by atoms with E-state index in [-0.39, 0.29) is 24.1 Å². The molecule has 0 unspecified atom stereocenters. The highest BCUT2D eigenvalue weighted by molar-refractivity contribution is 7.99. The predicted molar refractivity (Wildman–Crippen MR) is 110 cm³/mol. The van der Waals surface area contributed by atoms with Gasteiger partial charge in [-0.2, -0.15) is 0 Å². The summed E-state index contributed by atoms with van der Waals surface area (Å²) in [7, 11) is 0. The Balaban J connectivity index is 1.46. The first kappa shape index (κ1) is 20.6. The van der Waals surface area contributed by atoms with Gasteiger partial charge in [0.2, 0.25) is 5.91 Å². The molecule has 8 heteroatoms. The van der Waals surface area contributed by atoms with Gasteiger partial charge < -0.3 is 14.5 Å². The summed E-state index contributed by atoms with van der Waals surface area (Å²) in [5.74, 6) is 0.958. The summed E-state index contributed by atoms with van der Waals surface area (Å²) >= 11 is 1.14. The minimum absolute atomic E-state index is 0.0212. The average Bonchev–Trinajstić information content (AvgIpc) is 3.16. The van der Waals surface area contributed by atoms with Crippen molar-refractivity contribution in [1.82, 2.24) is 10.2 Å². The Kier molecular flexibility index (Phi) is 6.66. The van der Waals surface area contributed by atoms with E-state index in [4.69, 9.17) is 9.15 Å². The van der Waals surface area contributed by atoms with Gasteiger partial charge in [-0.25, -0.2) is 0 Å². The monoisotopic (exact) mass is 411 g/mol. The number of anilines is 1. The molecule has 0 spiro atoms. The second kappa shape index (κ2) is 9.38. The van der Waals surface area contributed by atoms with E-state index in [1.165, 1.54) is 12.5 Å². The molecule has 1 N–H and O–H groups in total. The first-order chi connectivity index (χ1) is 13.9. The van der Waals surface area contributed by atoms with Crippen LogP contribution < -0.4 is 10.1 Å². The van der Waals surface area contributed by atoms with Crippen molar-refractivity contribution in [3.05, 3.63) is 65.0 Å². The van der Waals surface area contributed by atoms with Gasteiger partial charge in [-0.15, -0.1) is 10.2 Å². The number of Topliss-reactive ketones (excluding diaryl/α,β-unsaturated/α-hetero) is 1. The largest absolute Gasteiger partial charge is 0.484 e. The molecule has 3 rings (SSSR count). The summed E-state index contributed by atoms with van der Waals surface area (Å²) in [5.41, 5.74) is 3.56. The van der Waals surface area contributed by atoms with Crippen LogP contribution in [0.1, 0.15) is 34.3 Å². The molecule has 0 aliphatic carbocycles. The Hall–Kier alpha value is -3.13. The average molecular weight is 411 g/mol. The number of benzene rings is 2. The van der Waals surface area contributed by atoms with Gasteiger partial charge in [0.15, 0.2) is 12.4 Å². The summed E-state index contributed by atoms with van der Waals surface area (Å²) in [6.07, 6.45) is 0. The van der Waals surface area contributed by atoms with E-state index in [9.17, 15) is 9.59 Å². The van der Waals surface area contributed by atoms with Crippen LogP contribution in [-0.4, -0.2) is 27.6 Å². The van der Waals surface area contributed by atoms with E-state index in [1.807, 2.05) is 32.0 Å². The minimum atomic E-state index is -0.211. The maximum Gasteiger partial charge on any atom is 0.277 e. The van der Waals surface area contributed by atoms with Gasteiger partial charge in [0, 0.05) is 11.3 Å². The van der Waals surface area contributed by atoms with Gasteiger partial charge in [-0.3, -0.25) is 9.59 Å². The molecule has 0 saturated carbocycles. The van der Waals surface area contributed by atoms with Crippen LogP contribution in [0.2, 0.25) is 0 Å². The number of nitrogens with zero attached hydrogens (tertiary/aromatic N) is 2. The zero-order valence-electron chi connectivity index (χ0n) is 16.4. The Bertz CT molecular complexity index is 1020. The lowest BCUT2D eigenvalue weighted by molar-refractivity contribution is -0.113.